The molecule has 2 aromatic rings. The lowest BCUT2D eigenvalue weighted by Crippen LogP contribution is -2.37. The zero-order chi connectivity index (χ0) is 21.3. The molecule has 1 heterocycles. The quantitative estimate of drug-likeness (QED) is 0.380. The monoisotopic (exact) mass is 417 g/mol. The molecule has 0 radical (unpaired) electrons. The summed E-state index contributed by atoms with van der Waals surface area (Å²) in [4.78, 5) is 2.61. The Labute approximate surface area is 183 Å². The lowest BCUT2D eigenvalue weighted by molar-refractivity contribution is 0.357. The van der Waals surface area contributed by atoms with E-state index >= 15 is 0 Å². The Bertz CT molecular complexity index is 969. The predicted molar refractivity (Wildman–Crippen MR) is 131 cm³/mol. The Morgan fingerprint density at radius 2 is 1.87 bits per heavy atom. The number of likely N-dealkylation sites (tertiary alicyclic amines) is 1. The van der Waals surface area contributed by atoms with Crippen LogP contribution in [-0.4, -0.2) is 32.7 Å². The fourth-order valence-electron chi connectivity index (χ4n) is 5.34. The third-order valence-electron chi connectivity index (χ3n) is 6.67. The SMILES string of the molecule is C=CCOc1c(C)cc(C)cc1C[Si](C)(C)C1C=C(N2CCCC2)c2ccccc21. The third-order valence-corrected chi connectivity index (χ3v) is 10.1. The molecule has 4 rings (SSSR count). The van der Waals surface area contributed by atoms with Gasteiger partial charge in [-0.05, 0) is 55.0 Å². The van der Waals surface area contributed by atoms with E-state index in [1.165, 1.54) is 59.4 Å². The first-order chi connectivity index (χ1) is 14.4. The van der Waals surface area contributed by atoms with Crippen LogP contribution in [0.25, 0.3) is 5.70 Å². The van der Waals surface area contributed by atoms with Crippen molar-refractivity contribution in [3.05, 3.63) is 82.9 Å². The van der Waals surface area contributed by atoms with Crippen molar-refractivity contribution in [2.45, 2.75) is 51.4 Å². The molecule has 0 saturated carbocycles. The highest BCUT2D eigenvalue weighted by molar-refractivity contribution is 6.79. The van der Waals surface area contributed by atoms with Crippen molar-refractivity contribution < 1.29 is 4.74 Å². The number of hydrogen-bond acceptors (Lipinski definition) is 2. The van der Waals surface area contributed by atoms with E-state index in [1.54, 1.807) is 0 Å². The highest BCUT2D eigenvalue weighted by Crippen LogP contribution is 2.44. The second kappa shape index (κ2) is 8.47. The molecule has 0 amide bonds. The van der Waals surface area contributed by atoms with Gasteiger partial charge in [-0.3, -0.25) is 0 Å². The summed E-state index contributed by atoms with van der Waals surface area (Å²) in [6, 6.07) is 14.8. The Balaban J connectivity index is 1.70. The Hall–Kier alpha value is -2.26. The summed E-state index contributed by atoms with van der Waals surface area (Å²) in [6.07, 6.45) is 7.08. The molecule has 1 saturated heterocycles. The second-order valence-corrected chi connectivity index (χ2v) is 14.6. The van der Waals surface area contributed by atoms with Crippen LogP contribution in [0.2, 0.25) is 13.1 Å². The van der Waals surface area contributed by atoms with E-state index in [0.29, 0.717) is 12.1 Å². The fraction of sp³-hybridized carbons (Fsp3) is 0.407. The number of fused-ring (bicyclic) bond motifs is 1. The van der Waals surface area contributed by atoms with Crippen molar-refractivity contribution >= 4 is 13.8 Å². The number of rotatable bonds is 7. The Morgan fingerprint density at radius 1 is 1.13 bits per heavy atom. The topological polar surface area (TPSA) is 12.5 Å². The molecule has 1 aliphatic heterocycles. The number of ether oxygens (including phenoxy) is 1. The van der Waals surface area contributed by atoms with E-state index in [1.807, 2.05) is 6.08 Å². The molecular formula is C27H35NOSi. The van der Waals surface area contributed by atoms with Crippen LogP contribution < -0.4 is 4.74 Å². The number of allylic oxidation sites excluding steroid dienone is 1. The molecular weight excluding hydrogens is 382 g/mol. The zero-order valence-corrected chi connectivity index (χ0v) is 20.0. The molecule has 158 valence electrons. The summed E-state index contributed by atoms with van der Waals surface area (Å²) >= 11 is 0. The average molecular weight is 418 g/mol. The van der Waals surface area contributed by atoms with Gasteiger partial charge < -0.3 is 9.64 Å². The van der Waals surface area contributed by atoms with Crippen LogP contribution in [0.3, 0.4) is 0 Å². The number of aryl methyl sites for hydroxylation is 2. The molecule has 0 bridgehead atoms. The van der Waals surface area contributed by atoms with Crippen LogP contribution >= 0.6 is 0 Å². The van der Waals surface area contributed by atoms with Crippen LogP contribution in [0.4, 0.5) is 0 Å². The van der Waals surface area contributed by atoms with Gasteiger partial charge in [0.1, 0.15) is 12.4 Å². The van der Waals surface area contributed by atoms with Gasteiger partial charge in [0.2, 0.25) is 0 Å². The lowest BCUT2D eigenvalue weighted by atomic mass is 10.1. The zero-order valence-electron chi connectivity index (χ0n) is 19.0. The first-order valence-electron chi connectivity index (χ1n) is 11.3. The summed E-state index contributed by atoms with van der Waals surface area (Å²) in [5.41, 5.74) is 8.94. The predicted octanol–water partition coefficient (Wildman–Crippen LogP) is 6.43. The van der Waals surface area contributed by atoms with Crippen LogP contribution in [0.15, 0.2) is 55.1 Å². The summed E-state index contributed by atoms with van der Waals surface area (Å²) in [5.74, 6) is 1.07. The number of hydrogen-bond donors (Lipinski definition) is 0. The summed E-state index contributed by atoms with van der Waals surface area (Å²) in [5, 5.41) is 0. The largest absolute Gasteiger partial charge is 0.489 e. The molecule has 0 N–H and O–H groups in total. The van der Waals surface area contributed by atoms with E-state index in [0.717, 1.165) is 11.8 Å². The highest BCUT2D eigenvalue weighted by atomic mass is 28.3. The smallest absolute Gasteiger partial charge is 0.125 e. The van der Waals surface area contributed by atoms with E-state index in [9.17, 15) is 0 Å². The molecule has 2 nitrogen and oxygen atoms in total. The number of benzene rings is 2. The highest BCUT2D eigenvalue weighted by Gasteiger charge is 2.39. The van der Waals surface area contributed by atoms with Gasteiger partial charge in [0.15, 0.2) is 0 Å². The van der Waals surface area contributed by atoms with Gasteiger partial charge in [-0.25, -0.2) is 0 Å². The van der Waals surface area contributed by atoms with Gasteiger partial charge in [-0.1, -0.05) is 73.8 Å². The van der Waals surface area contributed by atoms with Crippen molar-refractivity contribution in [1.82, 2.24) is 4.90 Å². The molecule has 1 unspecified atom stereocenters. The molecule has 0 spiro atoms. The minimum Gasteiger partial charge on any atom is -0.489 e. The van der Waals surface area contributed by atoms with Crippen molar-refractivity contribution in [1.29, 1.82) is 0 Å². The van der Waals surface area contributed by atoms with Gasteiger partial charge in [-0.15, -0.1) is 0 Å². The maximum absolute atomic E-state index is 6.13. The Kier molecular flexibility index (Phi) is 5.92. The minimum atomic E-state index is -1.68. The summed E-state index contributed by atoms with van der Waals surface area (Å²) in [6.45, 7) is 16.2. The first-order valence-corrected chi connectivity index (χ1v) is 14.6. The molecule has 2 aliphatic rings. The van der Waals surface area contributed by atoms with Crippen molar-refractivity contribution in [2.75, 3.05) is 19.7 Å². The standard InChI is InChI=1S/C27H35NOSi/c1-6-15-29-27-21(3)16-20(2)17-22(27)19-30(4,5)26-18-25(28-13-9-10-14-28)23-11-7-8-12-24(23)26/h6-8,11-12,16-18,26H,1,9-10,13-15,19H2,2-5H3. The fourth-order valence-corrected chi connectivity index (χ4v) is 8.51. The van der Waals surface area contributed by atoms with Gasteiger partial charge in [0.25, 0.3) is 0 Å². The molecule has 30 heavy (non-hydrogen) atoms. The van der Waals surface area contributed by atoms with Crippen LogP contribution in [0.5, 0.6) is 5.75 Å². The third kappa shape index (κ3) is 4.00. The molecule has 2 aromatic carbocycles. The van der Waals surface area contributed by atoms with E-state index in [-0.39, 0.29) is 0 Å². The Morgan fingerprint density at radius 3 is 2.60 bits per heavy atom. The normalized spacial score (nSPS) is 18.3. The molecule has 1 aliphatic carbocycles. The van der Waals surface area contributed by atoms with Crippen molar-refractivity contribution in [2.24, 2.45) is 0 Å². The minimum absolute atomic E-state index is 0.539. The average Bonchev–Trinajstić information content (AvgIpc) is 3.35. The summed E-state index contributed by atoms with van der Waals surface area (Å²) < 4.78 is 6.13. The molecule has 1 atom stereocenters. The molecule has 1 fully saturated rings. The maximum atomic E-state index is 6.13. The number of nitrogens with zero attached hydrogens (tertiary/aromatic N) is 1. The van der Waals surface area contributed by atoms with Crippen LogP contribution in [0.1, 0.15) is 46.2 Å². The molecule has 0 aromatic heterocycles. The van der Waals surface area contributed by atoms with Gasteiger partial charge >= 0.3 is 0 Å². The van der Waals surface area contributed by atoms with Crippen LogP contribution in [0, 0.1) is 13.8 Å². The van der Waals surface area contributed by atoms with E-state index in [4.69, 9.17) is 4.74 Å². The van der Waals surface area contributed by atoms with Gasteiger partial charge in [-0.2, -0.15) is 0 Å². The van der Waals surface area contributed by atoms with Crippen molar-refractivity contribution in [3.8, 4) is 5.75 Å². The first kappa shape index (κ1) is 21.0. The molecule has 3 heteroatoms. The van der Waals surface area contributed by atoms with E-state index < -0.39 is 8.07 Å². The lowest BCUT2D eigenvalue weighted by Gasteiger charge is -2.31. The van der Waals surface area contributed by atoms with Gasteiger partial charge in [0.05, 0.1) is 8.07 Å². The maximum Gasteiger partial charge on any atom is 0.125 e. The summed E-state index contributed by atoms with van der Waals surface area (Å²) in [7, 11) is -1.68. The van der Waals surface area contributed by atoms with E-state index in [2.05, 4.69) is 80.9 Å². The van der Waals surface area contributed by atoms with Crippen LogP contribution in [-0.2, 0) is 6.04 Å². The second-order valence-electron chi connectivity index (χ2n) is 9.65. The van der Waals surface area contributed by atoms with Crippen molar-refractivity contribution in [3.63, 3.8) is 0 Å². The van der Waals surface area contributed by atoms with Gasteiger partial charge in [0, 0.05) is 24.4 Å².